The zero-order chi connectivity index (χ0) is 11.6. The monoisotopic (exact) mass is 228 g/mol. The maximum absolute atomic E-state index is 6.23. The highest BCUT2D eigenvalue weighted by Crippen LogP contribution is 2.37. The van der Waals surface area contributed by atoms with Gasteiger partial charge in [-0.3, -0.25) is 4.90 Å². The molecule has 2 rings (SSSR count). The van der Waals surface area contributed by atoms with Crippen LogP contribution in [0.5, 0.6) is 0 Å². The van der Waals surface area contributed by atoms with Gasteiger partial charge in [0.2, 0.25) is 0 Å². The molecular formula is C12H24N2O2. The van der Waals surface area contributed by atoms with Gasteiger partial charge >= 0.3 is 0 Å². The Morgan fingerprint density at radius 1 is 1.25 bits per heavy atom. The van der Waals surface area contributed by atoms with Gasteiger partial charge in [0.05, 0.1) is 13.2 Å². The molecule has 2 aliphatic rings. The zero-order valence-electron chi connectivity index (χ0n) is 10.4. The Kier molecular flexibility index (Phi) is 3.85. The van der Waals surface area contributed by atoms with Crippen molar-refractivity contribution >= 4 is 0 Å². The normalized spacial score (nSPS) is 33.8. The number of rotatable bonds is 3. The summed E-state index contributed by atoms with van der Waals surface area (Å²) in [4.78, 5) is 2.43. The molecule has 0 bridgehead atoms. The smallest absolute Gasteiger partial charge is 0.170 e. The highest BCUT2D eigenvalue weighted by atomic mass is 16.7. The Balaban J connectivity index is 2.04. The number of hydrogen-bond donors (Lipinski definition) is 1. The average Bonchev–Trinajstić information content (AvgIpc) is 2.74. The molecule has 1 aliphatic carbocycles. The van der Waals surface area contributed by atoms with Crippen molar-refractivity contribution in [1.82, 2.24) is 4.90 Å². The lowest BCUT2D eigenvalue weighted by atomic mass is 9.85. The second kappa shape index (κ2) is 5.00. The number of ether oxygens (including phenoxy) is 2. The number of nitrogens with two attached hydrogens (primary N) is 1. The molecule has 1 aliphatic heterocycles. The van der Waals surface area contributed by atoms with Crippen molar-refractivity contribution in [3.05, 3.63) is 0 Å². The van der Waals surface area contributed by atoms with E-state index in [2.05, 4.69) is 18.7 Å². The van der Waals surface area contributed by atoms with Gasteiger partial charge in [-0.25, -0.2) is 0 Å². The van der Waals surface area contributed by atoms with Crippen LogP contribution in [0.15, 0.2) is 0 Å². The summed E-state index contributed by atoms with van der Waals surface area (Å²) in [5.74, 6) is -0.316. The summed E-state index contributed by atoms with van der Waals surface area (Å²) in [5, 5.41) is 0. The molecule has 1 saturated heterocycles. The average molecular weight is 228 g/mol. The van der Waals surface area contributed by atoms with Gasteiger partial charge in [0, 0.05) is 24.9 Å². The van der Waals surface area contributed by atoms with E-state index in [0.29, 0.717) is 6.04 Å². The minimum absolute atomic E-state index is 0.262. The van der Waals surface area contributed by atoms with Gasteiger partial charge in [0.15, 0.2) is 5.79 Å². The lowest BCUT2D eigenvalue weighted by Crippen LogP contribution is -2.56. The Morgan fingerprint density at radius 3 is 2.44 bits per heavy atom. The van der Waals surface area contributed by atoms with Crippen molar-refractivity contribution in [2.24, 2.45) is 5.73 Å². The highest BCUT2D eigenvalue weighted by molar-refractivity contribution is 4.94. The summed E-state index contributed by atoms with van der Waals surface area (Å²) >= 11 is 0. The number of likely N-dealkylation sites (N-methyl/N-ethyl adjacent to an activating group) is 1. The molecular weight excluding hydrogens is 204 g/mol. The topological polar surface area (TPSA) is 47.7 Å². The third-order valence-corrected chi connectivity index (χ3v) is 3.97. The largest absolute Gasteiger partial charge is 0.347 e. The zero-order valence-corrected chi connectivity index (χ0v) is 10.4. The third kappa shape index (κ3) is 2.25. The van der Waals surface area contributed by atoms with Crippen LogP contribution in [0.4, 0.5) is 0 Å². The van der Waals surface area contributed by atoms with Crippen LogP contribution >= 0.6 is 0 Å². The molecule has 1 heterocycles. The van der Waals surface area contributed by atoms with Gasteiger partial charge in [-0.2, -0.15) is 0 Å². The summed E-state index contributed by atoms with van der Waals surface area (Å²) in [6, 6.07) is 0.667. The van der Waals surface area contributed by atoms with E-state index < -0.39 is 0 Å². The first-order valence-electron chi connectivity index (χ1n) is 6.48. The molecule has 1 saturated carbocycles. The van der Waals surface area contributed by atoms with E-state index >= 15 is 0 Å². The predicted octanol–water partition coefficient (Wildman–Crippen LogP) is 0.951. The van der Waals surface area contributed by atoms with E-state index in [4.69, 9.17) is 15.2 Å². The maximum atomic E-state index is 6.23. The lowest BCUT2D eigenvalue weighted by Gasteiger charge is -2.44. The fraction of sp³-hybridized carbons (Fsp3) is 1.00. The third-order valence-electron chi connectivity index (χ3n) is 3.97. The predicted molar refractivity (Wildman–Crippen MR) is 63.2 cm³/mol. The van der Waals surface area contributed by atoms with Gasteiger partial charge < -0.3 is 15.2 Å². The van der Waals surface area contributed by atoms with Crippen molar-refractivity contribution in [2.75, 3.05) is 26.3 Å². The fourth-order valence-electron chi connectivity index (χ4n) is 3.00. The first-order chi connectivity index (χ1) is 7.71. The second-order valence-electron chi connectivity index (χ2n) is 4.80. The van der Waals surface area contributed by atoms with Crippen molar-refractivity contribution in [3.63, 3.8) is 0 Å². The van der Waals surface area contributed by atoms with E-state index in [9.17, 15) is 0 Å². The van der Waals surface area contributed by atoms with Crippen LogP contribution in [0.3, 0.4) is 0 Å². The Hall–Kier alpha value is -0.160. The molecule has 94 valence electrons. The summed E-state index contributed by atoms with van der Waals surface area (Å²) in [7, 11) is 0. The van der Waals surface area contributed by atoms with Crippen molar-refractivity contribution in [3.8, 4) is 0 Å². The molecule has 16 heavy (non-hydrogen) atoms. The Morgan fingerprint density at radius 2 is 1.88 bits per heavy atom. The molecule has 0 amide bonds. The standard InChI is InChI=1S/C12H24N2O2/c1-3-14(4-2)11-9-12(6-5-10(11)13)15-7-8-16-12/h10-11H,3-9,13H2,1-2H3. The van der Waals surface area contributed by atoms with Crippen LogP contribution < -0.4 is 5.73 Å². The molecule has 4 nitrogen and oxygen atoms in total. The molecule has 0 aromatic heterocycles. The van der Waals surface area contributed by atoms with Gasteiger partial charge in [0.25, 0.3) is 0 Å². The number of nitrogens with zero attached hydrogens (tertiary/aromatic N) is 1. The van der Waals surface area contributed by atoms with Crippen LogP contribution in [-0.4, -0.2) is 49.1 Å². The Labute approximate surface area is 98.1 Å². The number of hydrogen-bond acceptors (Lipinski definition) is 4. The van der Waals surface area contributed by atoms with E-state index in [1.807, 2.05) is 0 Å². The van der Waals surface area contributed by atoms with Gasteiger partial charge in [-0.1, -0.05) is 13.8 Å². The fourth-order valence-corrected chi connectivity index (χ4v) is 3.00. The summed E-state index contributed by atoms with van der Waals surface area (Å²) < 4.78 is 11.6. The van der Waals surface area contributed by atoms with Crippen LogP contribution in [0.25, 0.3) is 0 Å². The van der Waals surface area contributed by atoms with Crippen molar-refractivity contribution in [1.29, 1.82) is 0 Å². The summed E-state index contributed by atoms with van der Waals surface area (Å²) in [6.07, 6.45) is 2.88. The quantitative estimate of drug-likeness (QED) is 0.781. The molecule has 1 spiro atoms. The first kappa shape index (κ1) is 12.3. The van der Waals surface area contributed by atoms with Crippen LogP contribution in [0.1, 0.15) is 33.1 Å². The minimum atomic E-state index is -0.316. The molecule has 2 atom stereocenters. The highest BCUT2D eigenvalue weighted by Gasteiger charge is 2.45. The summed E-state index contributed by atoms with van der Waals surface area (Å²) in [5.41, 5.74) is 6.23. The van der Waals surface area contributed by atoms with E-state index in [-0.39, 0.29) is 11.8 Å². The molecule has 2 fully saturated rings. The van der Waals surface area contributed by atoms with Gasteiger partial charge in [-0.05, 0) is 19.5 Å². The van der Waals surface area contributed by atoms with Crippen LogP contribution in [-0.2, 0) is 9.47 Å². The van der Waals surface area contributed by atoms with Crippen molar-refractivity contribution in [2.45, 2.75) is 51.0 Å². The SMILES string of the molecule is CCN(CC)C1CC2(CCC1N)OCCO2. The Bertz CT molecular complexity index is 225. The summed E-state index contributed by atoms with van der Waals surface area (Å²) in [6.45, 7) is 7.94. The molecule has 0 aromatic carbocycles. The second-order valence-corrected chi connectivity index (χ2v) is 4.80. The van der Waals surface area contributed by atoms with Gasteiger partial charge in [0.1, 0.15) is 0 Å². The van der Waals surface area contributed by atoms with Gasteiger partial charge in [-0.15, -0.1) is 0 Å². The van der Waals surface area contributed by atoms with Crippen LogP contribution in [0.2, 0.25) is 0 Å². The minimum Gasteiger partial charge on any atom is -0.347 e. The lowest BCUT2D eigenvalue weighted by molar-refractivity contribution is -0.191. The van der Waals surface area contributed by atoms with E-state index in [1.165, 1.54) is 0 Å². The van der Waals surface area contributed by atoms with Crippen LogP contribution in [0, 0.1) is 0 Å². The van der Waals surface area contributed by atoms with E-state index in [1.54, 1.807) is 0 Å². The molecule has 2 unspecified atom stereocenters. The first-order valence-corrected chi connectivity index (χ1v) is 6.48. The van der Waals surface area contributed by atoms with E-state index in [0.717, 1.165) is 45.6 Å². The maximum Gasteiger partial charge on any atom is 0.170 e. The van der Waals surface area contributed by atoms with Crippen molar-refractivity contribution < 1.29 is 9.47 Å². The molecule has 2 N–H and O–H groups in total. The molecule has 0 radical (unpaired) electrons. The molecule has 4 heteroatoms. The molecule has 0 aromatic rings.